The lowest BCUT2D eigenvalue weighted by molar-refractivity contribution is 0.0637. The zero-order valence-electron chi connectivity index (χ0n) is 15.6. The number of amides is 1. The highest BCUT2D eigenvalue weighted by molar-refractivity contribution is 7.20. The second-order valence-corrected chi connectivity index (χ2v) is 7.53. The number of piperazine rings is 1. The summed E-state index contributed by atoms with van der Waals surface area (Å²) < 4.78 is 7.37. The predicted molar refractivity (Wildman–Crippen MR) is 110 cm³/mol. The summed E-state index contributed by atoms with van der Waals surface area (Å²) in [5, 5.41) is 8.88. The molecule has 1 aliphatic rings. The van der Waals surface area contributed by atoms with Gasteiger partial charge >= 0.3 is 0 Å². The maximum atomic E-state index is 13.3. The molecule has 0 saturated carbocycles. The Morgan fingerprint density at radius 2 is 2.15 bits per heavy atom. The zero-order valence-corrected chi connectivity index (χ0v) is 17.2. The van der Waals surface area contributed by atoms with Gasteiger partial charge in [-0.25, -0.2) is 0 Å². The van der Waals surface area contributed by atoms with Crippen LogP contribution >= 0.6 is 23.7 Å². The number of thiophene rings is 1. The van der Waals surface area contributed by atoms with E-state index in [-0.39, 0.29) is 24.4 Å². The Labute approximate surface area is 168 Å². The van der Waals surface area contributed by atoms with Crippen LogP contribution in [0.15, 0.2) is 30.3 Å². The molecule has 1 aliphatic heterocycles. The minimum Gasteiger partial charge on any atom is -0.496 e. The van der Waals surface area contributed by atoms with E-state index in [1.807, 2.05) is 53.9 Å². The molecule has 3 heterocycles. The van der Waals surface area contributed by atoms with Gasteiger partial charge in [-0.15, -0.1) is 23.7 Å². The van der Waals surface area contributed by atoms with Crippen LogP contribution in [0.2, 0.25) is 0 Å². The molecule has 2 aromatic heterocycles. The molecule has 0 aliphatic carbocycles. The van der Waals surface area contributed by atoms with Crippen molar-refractivity contribution in [3.8, 4) is 5.75 Å². The lowest BCUT2D eigenvalue weighted by atomic mass is 10.0. The van der Waals surface area contributed by atoms with Crippen LogP contribution in [0.4, 0.5) is 0 Å². The van der Waals surface area contributed by atoms with Gasteiger partial charge in [0.2, 0.25) is 0 Å². The Morgan fingerprint density at radius 3 is 2.89 bits per heavy atom. The Balaban J connectivity index is 0.00000210. The summed E-state index contributed by atoms with van der Waals surface area (Å²) in [4.78, 5) is 17.1. The van der Waals surface area contributed by atoms with E-state index in [2.05, 4.69) is 10.4 Å². The number of rotatable bonds is 3. The molecule has 1 N–H and O–H groups in total. The number of halogens is 1. The Kier molecular flexibility index (Phi) is 5.74. The highest BCUT2D eigenvalue weighted by Crippen LogP contribution is 2.34. The van der Waals surface area contributed by atoms with E-state index in [0.29, 0.717) is 6.54 Å². The number of para-hydroxylation sites is 1. The Bertz CT molecular complexity index is 933. The maximum absolute atomic E-state index is 13.3. The van der Waals surface area contributed by atoms with E-state index in [1.54, 1.807) is 7.11 Å². The van der Waals surface area contributed by atoms with Crippen LogP contribution in [0.5, 0.6) is 5.75 Å². The number of fused-ring (bicyclic) bond motifs is 1. The number of aromatic nitrogens is 2. The van der Waals surface area contributed by atoms with Crippen molar-refractivity contribution in [1.29, 1.82) is 0 Å². The molecular weight excluding hydrogens is 384 g/mol. The number of hydrogen-bond donors (Lipinski definition) is 1. The van der Waals surface area contributed by atoms with Gasteiger partial charge in [0.25, 0.3) is 5.91 Å². The molecule has 27 heavy (non-hydrogen) atoms. The lowest BCUT2D eigenvalue weighted by Gasteiger charge is -2.36. The van der Waals surface area contributed by atoms with Crippen molar-refractivity contribution in [3.63, 3.8) is 0 Å². The first kappa shape index (κ1) is 19.7. The molecule has 1 amide bonds. The average Bonchev–Trinajstić information content (AvgIpc) is 3.23. The molecule has 4 rings (SSSR count). The van der Waals surface area contributed by atoms with Crippen LogP contribution in [0.25, 0.3) is 10.2 Å². The van der Waals surface area contributed by atoms with Crippen LogP contribution < -0.4 is 10.1 Å². The normalized spacial score (nSPS) is 17.0. The van der Waals surface area contributed by atoms with Gasteiger partial charge in [-0.1, -0.05) is 18.2 Å². The van der Waals surface area contributed by atoms with E-state index < -0.39 is 0 Å². The summed E-state index contributed by atoms with van der Waals surface area (Å²) in [5.41, 5.74) is 1.99. The van der Waals surface area contributed by atoms with Gasteiger partial charge in [0.15, 0.2) is 0 Å². The molecule has 6 nitrogen and oxygen atoms in total. The van der Waals surface area contributed by atoms with Gasteiger partial charge in [-0.3, -0.25) is 9.48 Å². The molecule has 1 atom stereocenters. The van der Waals surface area contributed by atoms with Crippen LogP contribution in [-0.4, -0.2) is 47.3 Å². The number of nitrogens with one attached hydrogen (secondary N) is 1. The molecule has 0 spiro atoms. The molecule has 1 unspecified atom stereocenters. The molecular formula is C19H23ClN4O2S. The van der Waals surface area contributed by atoms with E-state index in [4.69, 9.17) is 4.74 Å². The second-order valence-electron chi connectivity index (χ2n) is 6.50. The number of benzene rings is 1. The summed E-state index contributed by atoms with van der Waals surface area (Å²) in [6.45, 7) is 4.17. The summed E-state index contributed by atoms with van der Waals surface area (Å²) in [6.07, 6.45) is 0. The quantitative estimate of drug-likeness (QED) is 0.725. The van der Waals surface area contributed by atoms with E-state index in [9.17, 15) is 4.79 Å². The van der Waals surface area contributed by atoms with Crippen molar-refractivity contribution in [1.82, 2.24) is 20.0 Å². The summed E-state index contributed by atoms with van der Waals surface area (Å²) in [6, 6.07) is 9.86. The highest BCUT2D eigenvalue weighted by atomic mass is 35.5. The van der Waals surface area contributed by atoms with Gasteiger partial charge in [0, 0.05) is 37.6 Å². The van der Waals surface area contributed by atoms with Gasteiger partial charge < -0.3 is 15.0 Å². The smallest absolute Gasteiger partial charge is 0.264 e. The van der Waals surface area contributed by atoms with Crippen molar-refractivity contribution in [3.05, 3.63) is 46.5 Å². The third-order valence-electron chi connectivity index (χ3n) is 4.91. The topological polar surface area (TPSA) is 59.4 Å². The minimum absolute atomic E-state index is 0. The summed E-state index contributed by atoms with van der Waals surface area (Å²) in [5.74, 6) is 0.887. The van der Waals surface area contributed by atoms with Gasteiger partial charge in [-0.05, 0) is 19.1 Å². The van der Waals surface area contributed by atoms with Crippen molar-refractivity contribution >= 4 is 39.9 Å². The molecule has 0 radical (unpaired) electrons. The average molecular weight is 407 g/mol. The third-order valence-corrected chi connectivity index (χ3v) is 6.10. The number of carbonyl (C=O) groups is 1. The van der Waals surface area contributed by atoms with Gasteiger partial charge in [0.05, 0.1) is 23.7 Å². The van der Waals surface area contributed by atoms with Crippen LogP contribution in [0.1, 0.15) is 27.0 Å². The van der Waals surface area contributed by atoms with E-state index in [1.165, 1.54) is 11.3 Å². The fourth-order valence-corrected chi connectivity index (χ4v) is 4.70. The standard InChI is InChI=1S/C19H22N4O2S.ClH/c1-12-14-10-17(26-19(14)22(2)21-12)18(24)23-9-8-20-11-15(23)13-6-4-5-7-16(13)25-3;/h4-7,10,15,20H,8-9,11H2,1-3H3;1H. The lowest BCUT2D eigenvalue weighted by Crippen LogP contribution is -2.48. The first-order valence-corrected chi connectivity index (χ1v) is 9.49. The predicted octanol–water partition coefficient (Wildman–Crippen LogP) is 3.16. The summed E-state index contributed by atoms with van der Waals surface area (Å²) in [7, 11) is 3.59. The third kappa shape index (κ3) is 3.42. The number of hydrogen-bond acceptors (Lipinski definition) is 5. The number of nitrogens with zero attached hydrogens (tertiary/aromatic N) is 3. The molecule has 1 fully saturated rings. The Morgan fingerprint density at radius 1 is 1.37 bits per heavy atom. The van der Waals surface area contributed by atoms with Crippen molar-refractivity contribution < 1.29 is 9.53 Å². The first-order valence-electron chi connectivity index (χ1n) is 8.68. The largest absolute Gasteiger partial charge is 0.496 e. The van der Waals surface area contributed by atoms with Crippen molar-refractivity contribution in [2.45, 2.75) is 13.0 Å². The molecule has 0 bridgehead atoms. The first-order chi connectivity index (χ1) is 12.6. The van der Waals surface area contributed by atoms with Gasteiger partial charge in [0.1, 0.15) is 10.6 Å². The van der Waals surface area contributed by atoms with Crippen LogP contribution in [0.3, 0.4) is 0 Å². The number of ether oxygens (including phenoxy) is 1. The van der Waals surface area contributed by atoms with Crippen molar-refractivity contribution in [2.24, 2.45) is 7.05 Å². The fraction of sp³-hybridized carbons (Fsp3) is 0.368. The van der Waals surface area contributed by atoms with Crippen LogP contribution in [-0.2, 0) is 7.05 Å². The Hall–Kier alpha value is -2.09. The highest BCUT2D eigenvalue weighted by Gasteiger charge is 2.31. The molecule has 1 aromatic carbocycles. The second kappa shape index (κ2) is 7.88. The van der Waals surface area contributed by atoms with Crippen LogP contribution in [0, 0.1) is 6.92 Å². The van der Waals surface area contributed by atoms with E-state index in [0.717, 1.165) is 45.2 Å². The zero-order chi connectivity index (χ0) is 18.3. The maximum Gasteiger partial charge on any atom is 0.264 e. The van der Waals surface area contributed by atoms with Crippen molar-refractivity contribution in [2.75, 3.05) is 26.7 Å². The number of methoxy groups -OCH3 is 1. The fourth-order valence-electron chi connectivity index (χ4n) is 3.62. The van der Waals surface area contributed by atoms with E-state index >= 15 is 0 Å². The molecule has 3 aromatic rings. The number of carbonyl (C=O) groups excluding carboxylic acids is 1. The number of aryl methyl sites for hydroxylation is 2. The molecule has 144 valence electrons. The van der Waals surface area contributed by atoms with Gasteiger partial charge in [-0.2, -0.15) is 5.10 Å². The molecule has 8 heteroatoms. The monoisotopic (exact) mass is 406 g/mol. The minimum atomic E-state index is -0.0446. The SMILES string of the molecule is COc1ccccc1C1CNCCN1C(=O)c1cc2c(C)nn(C)c2s1.Cl. The summed E-state index contributed by atoms with van der Waals surface area (Å²) >= 11 is 1.51. The molecule has 1 saturated heterocycles.